The zero-order chi connectivity index (χ0) is 8.55. The monoisotopic (exact) mass is 165 g/mol. The lowest BCUT2D eigenvalue weighted by atomic mass is 10.3. The summed E-state index contributed by atoms with van der Waals surface area (Å²) in [6, 6.07) is 2.03. The molecule has 0 atom stereocenters. The van der Waals surface area contributed by atoms with Gasteiger partial charge in [0.15, 0.2) is 0 Å². The summed E-state index contributed by atoms with van der Waals surface area (Å²) < 4.78 is 1.78. The van der Waals surface area contributed by atoms with E-state index in [0.717, 1.165) is 24.4 Å². The first-order valence-electron chi connectivity index (χ1n) is 4.06. The van der Waals surface area contributed by atoms with Crippen molar-refractivity contribution in [2.45, 2.75) is 19.9 Å². The second-order valence-corrected chi connectivity index (χ2v) is 3.03. The third kappa shape index (κ3) is 1.20. The molecule has 0 saturated carbocycles. The van der Waals surface area contributed by atoms with Gasteiger partial charge in [0, 0.05) is 18.7 Å². The molecule has 0 bridgehead atoms. The Labute approximate surface area is 70.6 Å². The number of rotatable bonds is 0. The predicted molar refractivity (Wildman–Crippen MR) is 43.7 cm³/mol. The molecular formula is C8H11N3O. The van der Waals surface area contributed by atoms with E-state index in [4.69, 9.17) is 0 Å². The van der Waals surface area contributed by atoms with E-state index in [9.17, 15) is 4.79 Å². The van der Waals surface area contributed by atoms with Gasteiger partial charge in [-0.1, -0.05) is 0 Å². The zero-order valence-corrected chi connectivity index (χ0v) is 7.00. The Bertz CT molecular complexity index is 316. The molecule has 0 aliphatic carbocycles. The number of aryl methyl sites for hydroxylation is 1. The third-order valence-electron chi connectivity index (χ3n) is 1.98. The van der Waals surface area contributed by atoms with Gasteiger partial charge in [0.25, 0.3) is 0 Å². The van der Waals surface area contributed by atoms with Crippen LogP contribution in [-0.2, 0) is 17.8 Å². The number of nitrogens with zero attached hydrogens (tertiary/aromatic N) is 2. The first-order valence-corrected chi connectivity index (χ1v) is 4.06. The molecule has 0 radical (unpaired) electrons. The average Bonchev–Trinajstić information content (AvgIpc) is 2.23. The van der Waals surface area contributed by atoms with Crippen LogP contribution in [0.5, 0.6) is 0 Å². The Morgan fingerprint density at radius 2 is 2.50 bits per heavy atom. The predicted octanol–water partition coefficient (Wildman–Crippen LogP) is -0.136. The molecule has 2 rings (SSSR count). The highest BCUT2D eigenvalue weighted by molar-refractivity contribution is 5.76. The van der Waals surface area contributed by atoms with Crippen LogP contribution in [0.4, 0.5) is 0 Å². The number of carbonyl (C=O) groups is 1. The average molecular weight is 165 g/mol. The lowest BCUT2D eigenvalue weighted by Crippen LogP contribution is -2.25. The number of amides is 1. The molecule has 1 aromatic heterocycles. The van der Waals surface area contributed by atoms with Crippen molar-refractivity contribution in [2.24, 2.45) is 0 Å². The summed E-state index contributed by atoms with van der Waals surface area (Å²) in [6.45, 7) is 3.03. The van der Waals surface area contributed by atoms with Crippen LogP contribution in [-0.4, -0.2) is 22.2 Å². The van der Waals surface area contributed by atoms with Gasteiger partial charge in [0.05, 0.1) is 5.69 Å². The molecule has 1 amide bonds. The van der Waals surface area contributed by atoms with Gasteiger partial charge < -0.3 is 5.32 Å². The van der Waals surface area contributed by atoms with E-state index < -0.39 is 0 Å². The summed E-state index contributed by atoms with van der Waals surface area (Å²) in [6.07, 6.45) is 0.882. The molecular weight excluding hydrogens is 154 g/mol. The van der Waals surface area contributed by atoms with E-state index in [2.05, 4.69) is 10.4 Å². The number of fused-ring (bicyclic) bond motifs is 1. The number of hydrogen-bond acceptors (Lipinski definition) is 2. The minimum atomic E-state index is 0.0526. The molecule has 0 fully saturated rings. The molecule has 0 aromatic carbocycles. The van der Waals surface area contributed by atoms with Crippen molar-refractivity contribution in [1.82, 2.24) is 15.1 Å². The largest absolute Gasteiger partial charge is 0.354 e. The summed E-state index contributed by atoms with van der Waals surface area (Å²) in [5.74, 6) is 0.0526. The first kappa shape index (κ1) is 7.34. The highest BCUT2D eigenvalue weighted by Gasteiger charge is 2.13. The van der Waals surface area contributed by atoms with Gasteiger partial charge in [-0.3, -0.25) is 9.48 Å². The molecule has 1 aliphatic rings. The van der Waals surface area contributed by atoms with Crippen LogP contribution in [0.2, 0.25) is 0 Å². The van der Waals surface area contributed by atoms with Gasteiger partial charge in [-0.25, -0.2) is 0 Å². The van der Waals surface area contributed by atoms with Gasteiger partial charge >= 0.3 is 0 Å². The summed E-state index contributed by atoms with van der Waals surface area (Å²) in [5, 5.41) is 7.01. The second kappa shape index (κ2) is 2.62. The second-order valence-electron chi connectivity index (χ2n) is 3.03. The molecule has 12 heavy (non-hydrogen) atoms. The van der Waals surface area contributed by atoms with E-state index in [0.29, 0.717) is 6.54 Å². The maximum absolute atomic E-state index is 11.1. The smallest absolute Gasteiger partial charge is 0.241 e. The van der Waals surface area contributed by atoms with Crippen molar-refractivity contribution in [2.75, 3.05) is 6.54 Å². The zero-order valence-electron chi connectivity index (χ0n) is 7.00. The molecule has 0 unspecified atom stereocenters. The van der Waals surface area contributed by atoms with Gasteiger partial charge in [-0.05, 0) is 13.0 Å². The van der Waals surface area contributed by atoms with E-state index in [1.807, 2.05) is 13.0 Å². The fraction of sp³-hybridized carbons (Fsp3) is 0.500. The van der Waals surface area contributed by atoms with Crippen molar-refractivity contribution >= 4 is 5.91 Å². The van der Waals surface area contributed by atoms with Crippen LogP contribution in [0.3, 0.4) is 0 Å². The quantitative estimate of drug-likeness (QED) is 0.581. The molecule has 0 saturated heterocycles. The van der Waals surface area contributed by atoms with E-state index in [1.165, 1.54) is 0 Å². The Hall–Kier alpha value is -1.32. The Morgan fingerprint density at radius 1 is 1.67 bits per heavy atom. The van der Waals surface area contributed by atoms with Gasteiger partial charge in [-0.2, -0.15) is 5.10 Å². The molecule has 4 heteroatoms. The SMILES string of the molecule is Cc1cc2n(n1)CC(=O)NCC2. The number of aromatic nitrogens is 2. The van der Waals surface area contributed by atoms with Crippen molar-refractivity contribution < 1.29 is 4.79 Å². The van der Waals surface area contributed by atoms with Crippen LogP contribution in [0.1, 0.15) is 11.4 Å². The van der Waals surface area contributed by atoms with Gasteiger partial charge in [-0.15, -0.1) is 0 Å². The van der Waals surface area contributed by atoms with Crippen LogP contribution >= 0.6 is 0 Å². The Kier molecular flexibility index (Phi) is 1.60. The number of hydrogen-bond donors (Lipinski definition) is 1. The van der Waals surface area contributed by atoms with Crippen LogP contribution in [0.25, 0.3) is 0 Å². The van der Waals surface area contributed by atoms with Crippen molar-refractivity contribution in [3.8, 4) is 0 Å². The molecule has 0 spiro atoms. The molecule has 1 aliphatic heterocycles. The van der Waals surface area contributed by atoms with Gasteiger partial charge in [0.1, 0.15) is 6.54 Å². The normalized spacial score (nSPS) is 16.6. The summed E-state index contributed by atoms with van der Waals surface area (Å²) >= 11 is 0. The Balaban J connectivity index is 2.36. The summed E-state index contributed by atoms with van der Waals surface area (Å²) in [5.41, 5.74) is 2.13. The highest BCUT2D eigenvalue weighted by atomic mass is 16.2. The number of carbonyl (C=O) groups excluding carboxylic acids is 1. The molecule has 2 heterocycles. The lowest BCUT2D eigenvalue weighted by molar-refractivity contribution is -0.121. The van der Waals surface area contributed by atoms with Crippen molar-refractivity contribution in [3.05, 3.63) is 17.5 Å². The first-order chi connectivity index (χ1) is 5.75. The maximum atomic E-state index is 11.1. The minimum absolute atomic E-state index is 0.0526. The molecule has 1 N–H and O–H groups in total. The third-order valence-corrected chi connectivity index (χ3v) is 1.98. The maximum Gasteiger partial charge on any atom is 0.241 e. The van der Waals surface area contributed by atoms with Crippen LogP contribution in [0.15, 0.2) is 6.07 Å². The lowest BCUT2D eigenvalue weighted by Gasteiger charge is -1.98. The molecule has 64 valence electrons. The minimum Gasteiger partial charge on any atom is -0.354 e. The summed E-state index contributed by atoms with van der Waals surface area (Å²) in [7, 11) is 0. The summed E-state index contributed by atoms with van der Waals surface area (Å²) in [4.78, 5) is 11.1. The van der Waals surface area contributed by atoms with Crippen molar-refractivity contribution in [3.63, 3.8) is 0 Å². The van der Waals surface area contributed by atoms with Crippen LogP contribution in [0, 0.1) is 6.92 Å². The van der Waals surface area contributed by atoms with E-state index in [-0.39, 0.29) is 5.91 Å². The number of nitrogens with one attached hydrogen (secondary N) is 1. The molecule has 4 nitrogen and oxygen atoms in total. The van der Waals surface area contributed by atoms with Gasteiger partial charge in [0.2, 0.25) is 5.91 Å². The van der Waals surface area contributed by atoms with E-state index in [1.54, 1.807) is 4.68 Å². The highest BCUT2D eigenvalue weighted by Crippen LogP contribution is 2.06. The van der Waals surface area contributed by atoms with Crippen molar-refractivity contribution in [1.29, 1.82) is 0 Å². The topological polar surface area (TPSA) is 46.9 Å². The van der Waals surface area contributed by atoms with E-state index >= 15 is 0 Å². The fourth-order valence-corrected chi connectivity index (χ4v) is 1.46. The van der Waals surface area contributed by atoms with Crippen LogP contribution < -0.4 is 5.32 Å². The standard InChI is InChI=1S/C8H11N3O/c1-6-4-7-2-3-9-8(12)5-11(7)10-6/h4H,2-3,5H2,1H3,(H,9,12). The fourth-order valence-electron chi connectivity index (χ4n) is 1.46. The Morgan fingerprint density at radius 3 is 3.33 bits per heavy atom. The molecule has 1 aromatic rings.